The number of aldehydes is 1. The number of hydrogen-bond acceptors (Lipinski definition) is 6. The summed E-state index contributed by atoms with van der Waals surface area (Å²) in [6, 6.07) is 6.46. The molecule has 2 atom stereocenters. The summed E-state index contributed by atoms with van der Waals surface area (Å²) in [5.41, 5.74) is 2.19. The van der Waals surface area contributed by atoms with Crippen LogP contribution in [-0.2, 0) is 24.0 Å². The van der Waals surface area contributed by atoms with Crippen molar-refractivity contribution in [2.75, 3.05) is 5.32 Å². The minimum Gasteiger partial charge on any atom is -0.359 e. The number of anilines is 1. The Hall–Kier alpha value is -3.29. The maximum Gasteiger partial charge on any atom is 0.255 e. The largest absolute Gasteiger partial charge is 0.359 e. The Labute approximate surface area is 163 Å². The molecule has 2 N–H and O–H groups in total. The van der Waals surface area contributed by atoms with Crippen molar-refractivity contribution in [1.29, 1.82) is 0 Å². The van der Waals surface area contributed by atoms with Crippen LogP contribution < -0.4 is 10.6 Å². The van der Waals surface area contributed by atoms with Gasteiger partial charge < -0.3 is 10.1 Å². The van der Waals surface area contributed by atoms with Crippen LogP contribution in [0.25, 0.3) is 0 Å². The molecule has 1 aliphatic rings. The number of hydrogen-bond donors (Lipinski definition) is 2. The second-order valence-corrected chi connectivity index (χ2v) is 6.70. The zero-order chi connectivity index (χ0) is 20.7. The van der Waals surface area contributed by atoms with Gasteiger partial charge in [-0.2, -0.15) is 0 Å². The van der Waals surface area contributed by atoms with Gasteiger partial charge in [0.25, 0.3) is 5.91 Å². The van der Waals surface area contributed by atoms with E-state index in [4.69, 9.17) is 0 Å². The molecule has 0 spiro atoms. The lowest BCUT2D eigenvalue weighted by Gasteiger charge is -2.27. The topological polar surface area (TPSA) is 113 Å². The molecule has 2 rings (SSSR count). The second kappa shape index (κ2) is 9.59. The number of imide groups is 2. The molecule has 2 unspecified atom stereocenters. The van der Waals surface area contributed by atoms with Crippen molar-refractivity contribution in [3.05, 3.63) is 41.6 Å². The molecule has 0 radical (unpaired) electrons. The maximum atomic E-state index is 12.4. The number of amides is 4. The predicted octanol–water partition coefficient (Wildman–Crippen LogP) is 1.48. The number of benzene rings is 1. The Bertz CT molecular complexity index is 818. The van der Waals surface area contributed by atoms with Crippen molar-refractivity contribution >= 4 is 36.1 Å². The molecule has 28 heavy (non-hydrogen) atoms. The molecule has 1 aromatic carbocycles. The fourth-order valence-corrected chi connectivity index (χ4v) is 2.95. The van der Waals surface area contributed by atoms with Gasteiger partial charge in [-0.1, -0.05) is 19.1 Å². The predicted molar refractivity (Wildman–Crippen MR) is 102 cm³/mol. The highest BCUT2D eigenvalue weighted by Crippen LogP contribution is 2.22. The number of nitrogens with one attached hydrogen (secondary N) is 2. The van der Waals surface area contributed by atoms with Gasteiger partial charge in [-0.05, 0) is 37.0 Å². The van der Waals surface area contributed by atoms with E-state index >= 15 is 0 Å². The van der Waals surface area contributed by atoms with E-state index < -0.39 is 23.8 Å². The highest BCUT2D eigenvalue weighted by Gasteiger charge is 2.33. The van der Waals surface area contributed by atoms with Crippen LogP contribution in [0.2, 0.25) is 0 Å². The second-order valence-electron chi connectivity index (χ2n) is 6.70. The van der Waals surface area contributed by atoms with E-state index in [1.165, 1.54) is 6.08 Å². The van der Waals surface area contributed by atoms with Gasteiger partial charge in [0.15, 0.2) is 0 Å². The third-order valence-corrected chi connectivity index (χ3v) is 4.50. The summed E-state index contributed by atoms with van der Waals surface area (Å²) in [4.78, 5) is 58.4. The van der Waals surface area contributed by atoms with Crippen LogP contribution in [0, 0.1) is 0 Å². The molecule has 0 aliphatic carbocycles. The van der Waals surface area contributed by atoms with E-state index in [1.54, 1.807) is 6.92 Å². The third-order valence-electron chi connectivity index (χ3n) is 4.50. The van der Waals surface area contributed by atoms with Crippen LogP contribution in [0.5, 0.6) is 0 Å². The molecule has 1 aromatic rings. The molecule has 1 aliphatic heterocycles. The molecule has 0 saturated carbocycles. The Morgan fingerprint density at radius 3 is 2.75 bits per heavy atom. The molecule has 1 saturated heterocycles. The number of allylic oxidation sites excluding steroid dienone is 1. The van der Waals surface area contributed by atoms with Gasteiger partial charge in [-0.3, -0.25) is 29.4 Å². The first-order chi connectivity index (χ1) is 13.3. The zero-order valence-electron chi connectivity index (χ0n) is 15.8. The third kappa shape index (κ3) is 5.35. The number of piperidine rings is 1. The van der Waals surface area contributed by atoms with E-state index in [0.717, 1.165) is 22.4 Å². The Balaban J connectivity index is 2.09. The summed E-state index contributed by atoms with van der Waals surface area (Å²) >= 11 is 0. The average molecular weight is 385 g/mol. The van der Waals surface area contributed by atoms with Crippen LogP contribution in [0.1, 0.15) is 44.6 Å². The van der Waals surface area contributed by atoms with Crippen LogP contribution in [0.3, 0.4) is 0 Å². The van der Waals surface area contributed by atoms with Crippen LogP contribution in [0.15, 0.2) is 36.0 Å². The molecule has 8 heteroatoms. The van der Waals surface area contributed by atoms with E-state index in [0.29, 0.717) is 18.5 Å². The summed E-state index contributed by atoms with van der Waals surface area (Å²) in [5, 5.41) is 5.19. The molecule has 1 fully saturated rings. The van der Waals surface area contributed by atoms with Crippen LogP contribution in [-0.4, -0.2) is 41.4 Å². The highest BCUT2D eigenvalue weighted by molar-refractivity contribution is 6.05. The van der Waals surface area contributed by atoms with Gasteiger partial charge in [0.2, 0.25) is 18.2 Å². The summed E-state index contributed by atoms with van der Waals surface area (Å²) in [6.45, 7) is 3.61. The van der Waals surface area contributed by atoms with E-state index in [-0.39, 0.29) is 18.8 Å². The van der Waals surface area contributed by atoms with E-state index in [1.807, 2.05) is 31.2 Å². The summed E-state index contributed by atoms with van der Waals surface area (Å²) in [5.74, 6) is -1.66. The summed E-state index contributed by atoms with van der Waals surface area (Å²) < 4.78 is 0. The number of carbonyl (C=O) groups excluding carboxylic acids is 5. The first kappa shape index (κ1) is 21.0. The molecule has 148 valence electrons. The van der Waals surface area contributed by atoms with Crippen LogP contribution in [0.4, 0.5) is 5.69 Å². The lowest BCUT2D eigenvalue weighted by molar-refractivity contribution is -0.148. The zero-order valence-corrected chi connectivity index (χ0v) is 15.8. The first-order valence-electron chi connectivity index (χ1n) is 8.96. The van der Waals surface area contributed by atoms with Crippen molar-refractivity contribution < 1.29 is 24.0 Å². The van der Waals surface area contributed by atoms with Crippen LogP contribution >= 0.6 is 0 Å². The van der Waals surface area contributed by atoms with Gasteiger partial charge in [0, 0.05) is 30.3 Å². The smallest absolute Gasteiger partial charge is 0.255 e. The van der Waals surface area contributed by atoms with E-state index in [2.05, 4.69) is 10.6 Å². The molecule has 0 aromatic heterocycles. The SMILES string of the molecule is C/C(=C\C(=O)N(C=O)C1CCC(=O)NC1=O)Nc1cccc(C(C)CC=O)c1. The molecule has 8 nitrogen and oxygen atoms in total. The number of carbonyl (C=O) groups is 5. The Morgan fingerprint density at radius 1 is 1.36 bits per heavy atom. The molecular formula is C20H23N3O5. The molecule has 1 heterocycles. The van der Waals surface area contributed by atoms with Gasteiger partial charge in [0.05, 0.1) is 0 Å². The summed E-state index contributed by atoms with van der Waals surface area (Å²) in [7, 11) is 0. The highest BCUT2D eigenvalue weighted by atomic mass is 16.2. The van der Waals surface area contributed by atoms with E-state index in [9.17, 15) is 24.0 Å². The Kier molecular flexibility index (Phi) is 7.20. The molecule has 0 bridgehead atoms. The minimum absolute atomic E-state index is 0.0702. The lowest BCUT2D eigenvalue weighted by atomic mass is 9.98. The van der Waals surface area contributed by atoms with Gasteiger partial charge in [-0.25, -0.2) is 0 Å². The van der Waals surface area contributed by atoms with Crippen molar-refractivity contribution in [3.63, 3.8) is 0 Å². The molecule has 4 amide bonds. The maximum absolute atomic E-state index is 12.4. The fourth-order valence-electron chi connectivity index (χ4n) is 2.95. The standard InChI is InChI=1S/C20H23N3O5/c1-13(8-9-24)15-4-3-5-16(11-15)21-14(2)10-19(27)23(12-25)17-6-7-18(26)22-20(17)28/h3-5,9-13,17,21H,6-8H2,1-2H3,(H,22,26,28)/b14-10+. The van der Waals surface area contributed by atoms with Crippen molar-refractivity contribution in [1.82, 2.24) is 10.2 Å². The quantitative estimate of drug-likeness (QED) is 0.398. The monoisotopic (exact) mass is 385 g/mol. The Morgan fingerprint density at radius 2 is 2.11 bits per heavy atom. The van der Waals surface area contributed by atoms with Crippen molar-refractivity contribution in [3.8, 4) is 0 Å². The lowest BCUT2D eigenvalue weighted by Crippen LogP contribution is -2.53. The summed E-state index contributed by atoms with van der Waals surface area (Å²) in [6.07, 6.45) is 2.98. The number of nitrogens with zero attached hydrogens (tertiary/aromatic N) is 1. The van der Waals surface area contributed by atoms with Crippen molar-refractivity contribution in [2.45, 2.75) is 45.1 Å². The minimum atomic E-state index is -1.00. The van der Waals surface area contributed by atoms with Gasteiger partial charge in [-0.15, -0.1) is 0 Å². The van der Waals surface area contributed by atoms with Gasteiger partial charge >= 0.3 is 0 Å². The van der Waals surface area contributed by atoms with Gasteiger partial charge in [0.1, 0.15) is 12.3 Å². The van der Waals surface area contributed by atoms with Crippen molar-refractivity contribution in [2.24, 2.45) is 0 Å². The fraction of sp³-hybridized carbons (Fsp3) is 0.350. The average Bonchev–Trinajstić information content (AvgIpc) is 2.64. The first-order valence-corrected chi connectivity index (χ1v) is 8.96. The normalized spacial score (nSPS) is 18.1. The molecular weight excluding hydrogens is 362 g/mol. The number of rotatable bonds is 8.